The van der Waals surface area contributed by atoms with Gasteiger partial charge in [-0.1, -0.05) is 44.2 Å². The van der Waals surface area contributed by atoms with Crippen molar-refractivity contribution < 1.29 is 22.4 Å². The van der Waals surface area contributed by atoms with Gasteiger partial charge < -0.3 is 10.2 Å². The highest BCUT2D eigenvalue weighted by molar-refractivity contribution is 7.92. The summed E-state index contributed by atoms with van der Waals surface area (Å²) in [5.74, 6) is -1.31. The standard InChI is InChI=1S/C25H34FN3O4S/c1-17(2)14-27-25(31)20(5)28(15-21-9-7-8-10-22(21)26)24(30)16-29(34(6,32)33)23-13-18(3)11-12-19(23)4/h7-13,17,20H,14-16H2,1-6H3,(H,27,31)/t20-/m1/s1. The Morgan fingerprint density at radius 2 is 1.71 bits per heavy atom. The molecule has 2 amide bonds. The maximum absolute atomic E-state index is 14.4. The molecule has 1 N–H and O–H groups in total. The van der Waals surface area contributed by atoms with E-state index in [4.69, 9.17) is 0 Å². The molecule has 0 aliphatic rings. The Labute approximate surface area is 202 Å². The molecular weight excluding hydrogens is 457 g/mol. The van der Waals surface area contributed by atoms with Crippen LogP contribution < -0.4 is 9.62 Å². The zero-order valence-electron chi connectivity index (χ0n) is 20.6. The average molecular weight is 492 g/mol. The van der Waals surface area contributed by atoms with Gasteiger partial charge in [0.2, 0.25) is 21.8 Å². The Hall–Kier alpha value is -2.94. The smallest absolute Gasteiger partial charge is 0.244 e. The van der Waals surface area contributed by atoms with Crippen molar-refractivity contribution in [1.82, 2.24) is 10.2 Å². The van der Waals surface area contributed by atoms with E-state index in [1.807, 2.05) is 26.8 Å². The fourth-order valence-corrected chi connectivity index (χ4v) is 4.33. The molecule has 7 nitrogen and oxygen atoms in total. The van der Waals surface area contributed by atoms with Gasteiger partial charge in [-0.15, -0.1) is 0 Å². The van der Waals surface area contributed by atoms with Gasteiger partial charge in [0.15, 0.2) is 0 Å². The second-order valence-corrected chi connectivity index (χ2v) is 10.9. The Balaban J connectivity index is 2.43. The van der Waals surface area contributed by atoms with Crippen molar-refractivity contribution in [3.63, 3.8) is 0 Å². The molecule has 186 valence electrons. The van der Waals surface area contributed by atoms with Gasteiger partial charge in [0.05, 0.1) is 11.9 Å². The highest BCUT2D eigenvalue weighted by Gasteiger charge is 2.31. The highest BCUT2D eigenvalue weighted by atomic mass is 32.2. The number of sulfonamides is 1. The summed E-state index contributed by atoms with van der Waals surface area (Å²) < 4.78 is 40.8. The molecule has 0 saturated carbocycles. The van der Waals surface area contributed by atoms with E-state index >= 15 is 0 Å². The van der Waals surface area contributed by atoms with E-state index in [0.29, 0.717) is 17.8 Å². The summed E-state index contributed by atoms with van der Waals surface area (Å²) in [5, 5.41) is 2.79. The van der Waals surface area contributed by atoms with E-state index in [1.165, 1.54) is 23.1 Å². The molecule has 0 heterocycles. The topological polar surface area (TPSA) is 86.8 Å². The quantitative estimate of drug-likeness (QED) is 0.552. The van der Waals surface area contributed by atoms with Crippen LogP contribution in [0.4, 0.5) is 10.1 Å². The van der Waals surface area contributed by atoms with Crippen molar-refractivity contribution >= 4 is 27.5 Å². The summed E-state index contributed by atoms with van der Waals surface area (Å²) in [6.07, 6.45) is 1.03. The molecule has 34 heavy (non-hydrogen) atoms. The number of halogens is 1. The number of carbonyl (C=O) groups excluding carboxylic acids is 2. The van der Waals surface area contributed by atoms with Crippen LogP contribution in [0.5, 0.6) is 0 Å². The van der Waals surface area contributed by atoms with Crippen LogP contribution in [-0.4, -0.2) is 50.5 Å². The van der Waals surface area contributed by atoms with E-state index in [2.05, 4.69) is 5.32 Å². The van der Waals surface area contributed by atoms with Crippen LogP contribution in [0, 0.1) is 25.6 Å². The minimum Gasteiger partial charge on any atom is -0.354 e. The van der Waals surface area contributed by atoms with Gasteiger partial charge in [0.25, 0.3) is 0 Å². The van der Waals surface area contributed by atoms with Crippen molar-refractivity contribution in [2.24, 2.45) is 5.92 Å². The maximum atomic E-state index is 14.4. The number of hydrogen-bond acceptors (Lipinski definition) is 4. The largest absolute Gasteiger partial charge is 0.354 e. The predicted molar refractivity (Wildman–Crippen MR) is 132 cm³/mol. The normalized spacial score (nSPS) is 12.4. The molecule has 2 rings (SSSR count). The third-order valence-corrected chi connectivity index (χ3v) is 6.59. The molecular formula is C25H34FN3O4S. The third kappa shape index (κ3) is 7.28. The number of amides is 2. The number of aryl methyl sites for hydroxylation is 2. The maximum Gasteiger partial charge on any atom is 0.244 e. The van der Waals surface area contributed by atoms with E-state index in [1.54, 1.807) is 32.0 Å². The second-order valence-electron chi connectivity index (χ2n) is 8.99. The van der Waals surface area contributed by atoms with Crippen LogP contribution >= 0.6 is 0 Å². The molecule has 0 fully saturated rings. The summed E-state index contributed by atoms with van der Waals surface area (Å²) in [6.45, 7) is 8.77. The lowest BCUT2D eigenvalue weighted by Gasteiger charge is -2.32. The zero-order valence-corrected chi connectivity index (χ0v) is 21.4. The molecule has 9 heteroatoms. The summed E-state index contributed by atoms with van der Waals surface area (Å²) in [4.78, 5) is 27.5. The van der Waals surface area contributed by atoms with Crippen molar-refractivity contribution in [1.29, 1.82) is 0 Å². The van der Waals surface area contributed by atoms with Gasteiger partial charge in [-0.3, -0.25) is 13.9 Å². The predicted octanol–water partition coefficient (Wildman–Crippen LogP) is 3.40. The molecule has 0 spiro atoms. The third-order valence-electron chi connectivity index (χ3n) is 5.46. The molecule has 0 radical (unpaired) electrons. The zero-order chi connectivity index (χ0) is 25.6. The molecule has 0 unspecified atom stereocenters. The summed E-state index contributed by atoms with van der Waals surface area (Å²) >= 11 is 0. The first-order valence-electron chi connectivity index (χ1n) is 11.2. The first kappa shape index (κ1) is 27.3. The number of nitrogens with zero attached hydrogens (tertiary/aromatic N) is 2. The SMILES string of the molecule is Cc1ccc(C)c(N(CC(=O)N(Cc2ccccc2F)[C@H](C)C(=O)NCC(C)C)S(C)(=O)=O)c1. The summed E-state index contributed by atoms with van der Waals surface area (Å²) in [6, 6.07) is 10.4. The van der Waals surface area contributed by atoms with Gasteiger partial charge in [-0.2, -0.15) is 0 Å². The van der Waals surface area contributed by atoms with Crippen LogP contribution in [0.3, 0.4) is 0 Å². The molecule has 0 aliphatic carbocycles. The molecule has 0 saturated heterocycles. The van der Waals surface area contributed by atoms with Gasteiger partial charge in [-0.25, -0.2) is 12.8 Å². The number of hydrogen-bond donors (Lipinski definition) is 1. The van der Waals surface area contributed by atoms with Gasteiger partial charge in [0.1, 0.15) is 18.4 Å². The lowest BCUT2D eigenvalue weighted by Crippen LogP contribution is -2.51. The Bertz CT molecular complexity index is 1130. The number of rotatable bonds is 10. The number of benzene rings is 2. The minimum absolute atomic E-state index is 0.174. The molecule has 2 aromatic rings. The van der Waals surface area contributed by atoms with Crippen LogP contribution in [-0.2, 0) is 26.2 Å². The fourth-order valence-electron chi connectivity index (χ4n) is 3.43. The lowest BCUT2D eigenvalue weighted by atomic mass is 10.1. The Morgan fingerprint density at radius 1 is 1.06 bits per heavy atom. The Morgan fingerprint density at radius 3 is 2.29 bits per heavy atom. The van der Waals surface area contributed by atoms with Crippen LogP contribution in [0.1, 0.15) is 37.5 Å². The average Bonchev–Trinajstić information content (AvgIpc) is 2.75. The molecule has 1 atom stereocenters. The molecule has 0 bridgehead atoms. The lowest BCUT2D eigenvalue weighted by molar-refractivity contribution is -0.139. The minimum atomic E-state index is -3.82. The summed E-state index contributed by atoms with van der Waals surface area (Å²) in [7, 11) is -3.82. The van der Waals surface area contributed by atoms with Crippen molar-refractivity contribution in [2.45, 2.75) is 47.2 Å². The number of carbonyl (C=O) groups is 2. The van der Waals surface area contributed by atoms with Crippen LogP contribution in [0.25, 0.3) is 0 Å². The van der Waals surface area contributed by atoms with Crippen molar-refractivity contribution in [3.8, 4) is 0 Å². The molecule has 2 aromatic carbocycles. The van der Waals surface area contributed by atoms with Gasteiger partial charge >= 0.3 is 0 Å². The van der Waals surface area contributed by atoms with Crippen molar-refractivity contribution in [2.75, 3.05) is 23.7 Å². The van der Waals surface area contributed by atoms with E-state index in [0.717, 1.165) is 16.1 Å². The monoisotopic (exact) mass is 491 g/mol. The van der Waals surface area contributed by atoms with E-state index in [9.17, 15) is 22.4 Å². The van der Waals surface area contributed by atoms with Crippen LogP contribution in [0.15, 0.2) is 42.5 Å². The number of nitrogens with one attached hydrogen (secondary N) is 1. The van der Waals surface area contributed by atoms with E-state index < -0.39 is 40.2 Å². The molecule has 0 aromatic heterocycles. The first-order chi connectivity index (χ1) is 15.8. The Kier molecular flexibility index (Phi) is 9.21. The fraction of sp³-hybridized carbons (Fsp3) is 0.440. The first-order valence-corrected chi connectivity index (χ1v) is 13.0. The van der Waals surface area contributed by atoms with Crippen LogP contribution in [0.2, 0.25) is 0 Å². The van der Waals surface area contributed by atoms with Gasteiger partial charge in [0, 0.05) is 18.7 Å². The summed E-state index contributed by atoms with van der Waals surface area (Å²) in [5.41, 5.74) is 2.15. The van der Waals surface area contributed by atoms with Crippen molar-refractivity contribution in [3.05, 3.63) is 65.0 Å². The molecule has 0 aliphatic heterocycles. The highest BCUT2D eigenvalue weighted by Crippen LogP contribution is 2.24. The second kappa shape index (κ2) is 11.5. The van der Waals surface area contributed by atoms with Gasteiger partial charge in [-0.05, 0) is 49.9 Å². The van der Waals surface area contributed by atoms with E-state index in [-0.39, 0.29) is 18.0 Å². The number of anilines is 1.